The van der Waals surface area contributed by atoms with E-state index < -0.39 is 5.54 Å². The molecule has 20 heavy (non-hydrogen) atoms. The molecule has 0 aromatic rings. The first-order valence-corrected chi connectivity index (χ1v) is 7.95. The van der Waals surface area contributed by atoms with Gasteiger partial charge in [0.25, 0.3) is 0 Å². The lowest BCUT2D eigenvalue weighted by Crippen LogP contribution is -2.50. The van der Waals surface area contributed by atoms with Gasteiger partial charge in [-0.05, 0) is 33.2 Å². The molecule has 0 aromatic carbocycles. The smallest absolute Gasteiger partial charge is 0.235 e. The van der Waals surface area contributed by atoms with Crippen LogP contribution in [-0.2, 0) is 4.79 Å². The molecule has 1 saturated carbocycles. The Kier molecular flexibility index (Phi) is 7.01. The molecule has 0 radical (unpaired) electrons. The van der Waals surface area contributed by atoms with Crippen molar-refractivity contribution in [3.05, 3.63) is 0 Å². The van der Waals surface area contributed by atoms with Gasteiger partial charge >= 0.3 is 0 Å². The molecule has 1 aliphatic carbocycles. The number of hydrogen-bond donors (Lipinski definition) is 1. The van der Waals surface area contributed by atoms with Crippen LogP contribution in [0.25, 0.3) is 0 Å². The molecule has 0 saturated heterocycles. The summed E-state index contributed by atoms with van der Waals surface area (Å²) in [6, 6.07) is 2.77. The number of carbonyl (C=O) groups excluding carboxylic acids is 1. The highest BCUT2D eigenvalue weighted by molar-refractivity contribution is 5.79. The van der Waals surface area contributed by atoms with Crippen LogP contribution in [0.3, 0.4) is 0 Å². The Balaban J connectivity index is 2.52. The Morgan fingerprint density at radius 2 is 1.95 bits per heavy atom. The van der Waals surface area contributed by atoms with Crippen molar-refractivity contribution < 1.29 is 4.79 Å². The van der Waals surface area contributed by atoms with Crippen molar-refractivity contribution in [2.75, 3.05) is 13.6 Å². The molecule has 1 atom stereocenters. The van der Waals surface area contributed by atoms with Crippen LogP contribution in [0.1, 0.15) is 65.2 Å². The average Bonchev–Trinajstić information content (AvgIpc) is 2.65. The van der Waals surface area contributed by atoms with Crippen LogP contribution in [0.4, 0.5) is 0 Å². The average molecular weight is 279 g/mol. The van der Waals surface area contributed by atoms with Crippen molar-refractivity contribution in [3.8, 4) is 6.07 Å². The van der Waals surface area contributed by atoms with Gasteiger partial charge in [0, 0.05) is 6.04 Å². The van der Waals surface area contributed by atoms with E-state index in [1.54, 1.807) is 0 Å². The second-order valence-corrected chi connectivity index (χ2v) is 6.21. The summed E-state index contributed by atoms with van der Waals surface area (Å²) in [5, 5.41) is 12.5. The third-order valence-corrected chi connectivity index (χ3v) is 4.40. The van der Waals surface area contributed by atoms with Crippen LogP contribution in [-0.4, -0.2) is 36.0 Å². The predicted octanol–water partition coefficient (Wildman–Crippen LogP) is 2.84. The molecule has 0 aromatic heterocycles. The zero-order valence-electron chi connectivity index (χ0n) is 13.2. The minimum atomic E-state index is -0.623. The minimum Gasteiger partial charge on any atom is -0.337 e. The summed E-state index contributed by atoms with van der Waals surface area (Å²) in [7, 11) is 1.98. The van der Waals surface area contributed by atoms with Gasteiger partial charge in [-0.2, -0.15) is 5.26 Å². The van der Waals surface area contributed by atoms with Gasteiger partial charge in [-0.15, -0.1) is 0 Å². The second-order valence-electron chi connectivity index (χ2n) is 6.21. The molecule has 1 N–H and O–H groups in total. The van der Waals surface area contributed by atoms with Crippen LogP contribution >= 0.6 is 0 Å². The van der Waals surface area contributed by atoms with E-state index in [0.29, 0.717) is 12.6 Å². The van der Waals surface area contributed by atoms with Crippen LogP contribution < -0.4 is 5.32 Å². The molecule has 1 amide bonds. The van der Waals surface area contributed by atoms with Crippen molar-refractivity contribution in [2.24, 2.45) is 0 Å². The van der Waals surface area contributed by atoms with Crippen LogP contribution in [0.2, 0.25) is 0 Å². The van der Waals surface area contributed by atoms with Crippen LogP contribution in [0.5, 0.6) is 0 Å². The minimum absolute atomic E-state index is 0.0149. The van der Waals surface area contributed by atoms with Crippen molar-refractivity contribution in [2.45, 2.75) is 76.8 Å². The Labute approximate surface area is 123 Å². The summed E-state index contributed by atoms with van der Waals surface area (Å²) in [6.45, 7) is 4.67. The van der Waals surface area contributed by atoms with Gasteiger partial charge in [-0.3, -0.25) is 9.69 Å². The van der Waals surface area contributed by atoms with Crippen LogP contribution in [0, 0.1) is 11.3 Å². The number of amides is 1. The Morgan fingerprint density at radius 1 is 1.35 bits per heavy atom. The Hall–Kier alpha value is -1.08. The van der Waals surface area contributed by atoms with E-state index in [0.717, 1.165) is 38.5 Å². The maximum absolute atomic E-state index is 12.2. The van der Waals surface area contributed by atoms with E-state index >= 15 is 0 Å². The van der Waals surface area contributed by atoms with E-state index in [2.05, 4.69) is 30.1 Å². The van der Waals surface area contributed by atoms with Gasteiger partial charge in [0.05, 0.1) is 12.6 Å². The molecule has 0 bridgehead atoms. The fraction of sp³-hybridized carbons (Fsp3) is 0.875. The molecule has 1 aliphatic rings. The van der Waals surface area contributed by atoms with Gasteiger partial charge in [0.15, 0.2) is 0 Å². The first-order chi connectivity index (χ1) is 9.53. The molecule has 4 heteroatoms. The lowest BCUT2D eigenvalue weighted by atomic mass is 9.92. The van der Waals surface area contributed by atoms with Gasteiger partial charge in [-0.1, -0.05) is 39.0 Å². The van der Waals surface area contributed by atoms with E-state index in [-0.39, 0.29) is 5.91 Å². The largest absolute Gasteiger partial charge is 0.337 e. The van der Waals surface area contributed by atoms with Gasteiger partial charge in [0.1, 0.15) is 5.54 Å². The SMILES string of the molecule is CCC[C@@H](C)N(C)CC(=O)NC1(C#N)CCCCCC1. The third kappa shape index (κ3) is 5.13. The van der Waals surface area contributed by atoms with Crippen molar-refractivity contribution in [3.63, 3.8) is 0 Å². The number of likely N-dealkylation sites (N-methyl/N-ethyl adjacent to an activating group) is 1. The zero-order valence-corrected chi connectivity index (χ0v) is 13.2. The highest BCUT2D eigenvalue weighted by atomic mass is 16.2. The fourth-order valence-corrected chi connectivity index (χ4v) is 2.92. The molecular formula is C16H29N3O. The van der Waals surface area contributed by atoms with Gasteiger partial charge in [-0.25, -0.2) is 0 Å². The first kappa shape index (κ1) is 17.0. The predicted molar refractivity (Wildman–Crippen MR) is 81.2 cm³/mol. The second kappa shape index (κ2) is 8.26. The Bertz CT molecular complexity index is 340. The maximum Gasteiger partial charge on any atom is 0.235 e. The number of nitriles is 1. The van der Waals surface area contributed by atoms with E-state index in [4.69, 9.17) is 0 Å². The highest BCUT2D eigenvalue weighted by Crippen LogP contribution is 2.26. The lowest BCUT2D eigenvalue weighted by molar-refractivity contribution is -0.123. The topological polar surface area (TPSA) is 56.1 Å². The standard InChI is InChI=1S/C16H29N3O/c1-4-9-14(2)19(3)12-15(20)18-16(13-17)10-7-5-6-8-11-16/h14H,4-12H2,1-3H3,(H,18,20)/t14-/m1/s1. The molecular weight excluding hydrogens is 250 g/mol. The zero-order chi connectivity index (χ0) is 15.0. The fourth-order valence-electron chi connectivity index (χ4n) is 2.92. The molecule has 0 unspecified atom stereocenters. The normalized spacial score (nSPS) is 19.9. The molecule has 114 valence electrons. The molecule has 1 rings (SSSR count). The summed E-state index contributed by atoms with van der Waals surface area (Å²) in [6.07, 6.45) is 8.22. The summed E-state index contributed by atoms with van der Waals surface area (Å²) in [4.78, 5) is 14.3. The monoisotopic (exact) mass is 279 g/mol. The van der Waals surface area contributed by atoms with Crippen molar-refractivity contribution in [1.82, 2.24) is 10.2 Å². The highest BCUT2D eigenvalue weighted by Gasteiger charge is 2.32. The van der Waals surface area contributed by atoms with Gasteiger partial charge < -0.3 is 5.32 Å². The quantitative estimate of drug-likeness (QED) is 0.761. The lowest BCUT2D eigenvalue weighted by Gasteiger charge is -2.29. The van der Waals surface area contributed by atoms with E-state index in [1.807, 2.05) is 7.05 Å². The van der Waals surface area contributed by atoms with Crippen molar-refractivity contribution >= 4 is 5.91 Å². The molecule has 0 spiro atoms. The third-order valence-electron chi connectivity index (χ3n) is 4.40. The van der Waals surface area contributed by atoms with Crippen LogP contribution in [0.15, 0.2) is 0 Å². The summed E-state index contributed by atoms with van der Waals surface area (Å²) >= 11 is 0. The summed E-state index contributed by atoms with van der Waals surface area (Å²) < 4.78 is 0. The van der Waals surface area contributed by atoms with E-state index in [1.165, 1.54) is 12.8 Å². The maximum atomic E-state index is 12.2. The molecule has 0 aliphatic heterocycles. The summed E-state index contributed by atoms with van der Waals surface area (Å²) in [5.74, 6) is -0.0149. The van der Waals surface area contributed by atoms with Crippen molar-refractivity contribution in [1.29, 1.82) is 5.26 Å². The number of hydrogen-bond acceptors (Lipinski definition) is 3. The number of carbonyl (C=O) groups is 1. The number of nitrogens with one attached hydrogen (secondary N) is 1. The van der Waals surface area contributed by atoms with E-state index in [9.17, 15) is 10.1 Å². The number of rotatable bonds is 6. The van der Waals surface area contributed by atoms with Gasteiger partial charge in [0.2, 0.25) is 5.91 Å². The molecule has 0 heterocycles. The molecule has 4 nitrogen and oxygen atoms in total. The number of nitrogens with zero attached hydrogens (tertiary/aromatic N) is 2. The summed E-state index contributed by atoms with van der Waals surface area (Å²) in [5.41, 5.74) is -0.623. The first-order valence-electron chi connectivity index (χ1n) is 7.95. The molecule has 1 fully saturated rings. The Morgan fingerprint density at radius 3 is 2.45 bits per heavy atom.